The van der Waals surface area contributed by atoms with E-state index in [4.69, 9.17) is 0 Å². The lowest BCUT2D eigenvalue weighted by Gasteiger charge is -2.21. The molecule has 0 saturated heterocycles. The fourth-order valence-electron chi connectivity index (χ4n) is 1.59. The Hall–Kier alpha value is -1.70. The van der Waals surface area contributed by atoms with Crippen LogP contribution in [-0.2, 0) is 11.0 Å². The minimum absolute atomic E-state index is 0.304. The number of nitrogens with one attached hydrogen (secondary N) is 2. The third-order valence-corrected chi connectivity index (χ3v) is 3.66. The van der Waals surface area contributed by atoms with Crippen molar-refractivity contribution in [3.63, 3.8) is 0 Å². The van der Waals surface area contributed by atoms with Crippen LogP contribution in [-0.4, -0.2) is 22.7 Å². The van der Waals surface area contributed by atoms with Crippen LogP contribution in [0.2, 0.25) is 0 Å². The molecule has 0 aliphatic heterocycles. The first-order valence-electron chi connectivity index (χ1n) is 6.85. The van der Waals surface area contributed by atoms with Crippen molar-refractivity contribution in [2.24, 2.45) is 0 Å². The molecule has 4 nitrogen and oxygen atoms in total. The smallest absolute Gasteiger partial charge is 0.333 e. The molecule has 0 aliphatic rings. The monoisotopic (exact) mass is 348 g/mol. The van der Waals surface area contributed by atoms with Crippen LogP contribution in [0.5, 0.6) is 0 Å². The lowest BCUT2D eigenvalue weighted by atomic mass is 10.1. The number of amides is 3. The van der Waals surface area contributed by atoms with Crippen molar-refractivity contribution in [2.75, 3.05) is 0 Å². The van der Waals surface area contributed by atoms with Gasteiger partial charge in [-0.15, -0.1) is 11.8 Å². The summed E-state index contributed by atoms with van der Waals surface area (Å²) in [5.41, 5.74) is -1.28. The van der Waals surface area contributed by atoms with Gasteiger partial charge in [-0.25, -0.2) is 4.79 Å². The van der Waals surface area contributed by atoms with Crippen molar-refractivity contribution in [1.82, 2.24) is 10.6 Å². The van der Waals surface area contributed by atoms with E-state index in [1.165, 1.54) is 19.1 Å². The van der Waals surface area contributed by atoms with Gasteiger partial charge in [0.15, 0.2) is 0 Å². The van der Waals surface area contributed by atoms with Gasteiger partial charge in [-0.05, 0) is 45.9 Å². The number of alkyl halides is 3. The summed E-state index contributed by atoms with van der Waals surface area (Å²) < 4.78 is 38.0. The van der Waals surface area contributed by atoms with E-state index in [1.807, 2.05) is 0 Å². The minimum Gasteiger partial charge on any atom is -0.333 e. The fourth-order valence-corrected chi connectivity index (χ4v) is 2.52. The lowest BCUT2D eigenvalue weighted by Crippen LogP contribution is -2.49. The van der Waals surface area contributed by atoms with Crippen molar-refractivity contribution >= 4 is 23.7 Å². The third-order valence-electron chi connectivity index (χ3n) is 2.57. The summed E-state index contributed by atoms with van der Waals surface area (Å²) in [7, 11) is 0. The number of thioether (sulfide) groups is 1. The molecule has 3 amide bonds. The van der Waals surface area contributed by atoms with E-state index >= 15 is 0 Å². The molecule has 0 saturated carbocycles. The summed E-state index contributed by atoms with van der Waals surface area (Å²) in [4.78, 5) is 23.8. The molecule has 0 radical (unpaired) electrons. The molecule has 128 valence electrons. The molecule has 0 heterocycles. The summed E-state index contributed by atoms with van der Waals surface area (Å²) >= 11 is 0.950. The van der Waals surface area contributed by atoms with Crippen molar-refractivity contribution in [1.29, 1.82) is 0 Å². The van der Waals surface area contributed by atoms with Gasteiger partial charge in [0.1, 0.15) is 0 Å². The van der Waals surface area contributed by atoms with E-state index in [0.29, 0.717) is 4.90 Å². The maximum absolute atomic E-state index is 12.7. The third kappa shape index (κ3) is 6.94. The number of rotatable bonds is 3. The predicted octanol–water partition coefficient (Wildman–Crippen LogP) is 3.81. The number of hydrogen-bond acceptors (Lipinski definition) is 3. The van der Waals surface area contributed by atoms with E-state index in [9.17, 15) is 22.8 Å². The first-order valence-corrected chi connectivity index (χ1v) is 7.73. The number of halogens is 3. The van der Waals surface area contributed by atoms with Gasteiger partial charge < -0.3 is 5.32 Å². The van der Waals surface area contributed by atoms with Crippen LogP contribution in [0.4, 0.5) is 18.0 Å². The zero-order valence-electron chi connectivity index (χ0n) is 13.2. The maximum atomic E-state index is 12.7. The van der Waals surface area contributed by atoms with Crippen LogP contribution in [0.15, 0.2) is 29.2 Å². The molecule has 8 heteroatoms. The van der Waals surface area contributed by atoms with Gasteiger partial charge >= 0.3 is 12.2 Å². The standard InChI is InChI=1S/C15H19F3N2O2S/c1-9(12(21)19-13(22)20-14(2,3)4)23-11-7-5-6-10(8-11)15(16,17)18/h5-9H,1-4H3,(H2,19,20,21,22)/t9-/m0/s1. The Morgan fingerprint density at radius 1 is 1.17 bits per heavy atom. The highest BCUT2D eigenvalue weighted by atomic mass is 32.2. The Balaban J connectivity index is 2.67. The molecule has 0 unspecified atom stereocenters. The average Bonchev–Trinajstić information content (AvgIpc) is 2.35. The van der Waals surface area contributed by atoms with E-state index < -0.39 is 34.5 Å². The molecule has 0 fully saturated rings. The highest BCUT2D eigenvalue weighted by Gasteiger charge is 2.30. The number of carbonyl (C=O) groups excluding carboxylic acids is 2. The molecule has 0 bridgehead atoms. The number of imide groups is 1. The second-order valence-electron chi connectivity index (χ2n) is 5.98. The fraction of sp³-hybridized carbons (Fsp3) is 0.467. The van der Waals surface area contributed by atoms with E-state index in [0.717, 1.165) is 23.9 Å². The summed E-state index contributed by atoms with van der Waals surface area (Å²) in [6.07, 6.45) is -4.44. The molecule has 0 aliphatic carbocycles. The van der Waals surface area contributed by atoms with Crippen LogP contribution in [0, 0.1) is 0 Å². The normalized spacial score (nSPS) is 13.3. The zero-order valence-corrected chi connectivity index (χ0v) is 14.1. The van der Waals surface area contributed by atoms with Crippen LogP contribution in [0.25, 0.3) is 0 Å². The molecule has 2 N–H and O–H groups in total. The summed E-state index contributed by atoms with van der Waals surface area (Å²) in [6.45, 7) is 6.80. The first kappa shape index (κ1) is 19.3. The van der Waals surface area contributed by atoms with Gasteiger partial charge in [0.25, 0.3) is 0 Å². The van der Waals surface area contributed by atoms with Gasteiger partial charge in [-0.2, -0.15) is 13.2 Å². The molecule has 1 rings (SSSR count). The first-order chi connectivity index (χ1) is 10.4. The average molecular weight is 348 g/mol. The van der Waals surface area contributed by atoms with E-state index in [-0.39, 0.29) is 0 Å². The summed E-state index contributed by atoms with van der Waals surface area (Å²) in [6, 6.07) is 4.06. The number of benzene rings is 1. The Kier molecular flexibility index (Phi) is 6.10. The predicted molar refractivity (Wildman–Crippen MR) is 83.2 cm³/mol. The van der Waals surface area contributed by atoms with E-state index in [2.05, 4.69) is 10.6 Å². The molecule has 0 spiro atoms. The van der Waals surface area contributed by atoms with Crippen LogP contribution in [0.1, 0.15) is 33.3 Å². The van der Waals surface area contributed by atoms with Crippen molar-refractivity contribution in [3.05, 3.63) is 29.8 Å². The number of urea groups is 1. The van der Waals surface area contributed by atoms with Crippen LogP contribution >= 0.6 is 11.8 Å². The molecule has 1 atom stereocenters. The maximum Gasteiger partial charge on any atom is 0.416 e. The van der Waals surface area contributed by atoms with E-state index in [1.54, 1.807) is 20.8 Å². The van der Waals surface area contributed by atoms with Gasteiger partial charge in [-0.1, -0.05) is 6.07 Å². The van der Waals surface area contributed by atoms with Gasteiger partial charge in [-0.3, -0.25) is 10.1 Å². The minimum atomic E-state index is -4.44. The molecule has 23 heavy (non-hydrogen) atoms. The van der Waals surface area contributed by atoms with Crippen molar-refractivity contribution in [2.45, 2.75) is 49.6 Å². The van der Waals surface area contributed by atoms with Crippen molar-refractivity contribution < 1.29 is 22.8 Å². The molecule has 1 aromatic rings. The Morgan fingerprint density at radius 2 is 1.78 bits per heavy atom. The SMILES string of the molecule is C[C@H](Sc1cccc(C(F)(F)F)c1)C(=O)NC(=O)NC(C)(C)C. The van der Waals surface area contributed by atoms with Gasteiger partial charge in [0.05, 0.1) is 10.8 Å². The lowest BCUT2D eigenvalue weighted by molar-refractivity contribution is -0.137. The van der Waals surface area contributed by atoms with Gasteiger partial charge in [0.2, 0.25) is 5.91 Å². The Bertz CT molecular complexity index is 583. The highest BCUT2D eigenvalue weighted by molar-refractivity contribution is 8.00. The van der Waals surface area contributed by atoms with Gasteiger partial charge in [0, 0.05) is 10.4 Å². The molecular weight excluding hydrogens is 329 g/mol. The van der Waals surface area contributed by atoms with Crippen LogP contribution in [0.3, 0.4) is 0 Å². The summed E-state index contributed by atoms with van der Waals surface area (Å²) in [5.74, 6) is -0.575. The Morgan fingerprint density at radius 3 is 2.30 bits per heavy atom. The Labute approximate surface area is 137 Å². The molecular formula is C15H19F3N2O2S. The quantitative estimate of drug-likeness (QED) is 0.817. The second-order valence-corrected chi connectivity index (χ2v) is 7.39. The van der Waals surface area contributed by atoms with Crippen LogP contribution < -0.4 is 10.6 Å². The van der Waals surface area contributed by atoms with Crippen molar-refractivity contribution in [3.8, 4) is 0 Å². The zero-order chi connectivity index (χ0) is 17.8. The largest absolute Gasteiger partial charge is 0.416 e. The second kappa shape index (κ2) is 7.25. The highest BCUT2D eigenvalue weighted by Crippen LogP contribution is 2.33. The summed E-state index contributed by atoms with van der Waals surface area (Å²) in [5, 5.41) is 4.02. The number of hydrogen-bond donors (Lipinski definition) is 2. The topological polar surface area (TPSA) is 58.2 Å². The molecule has 1 aromatic carbocycles. The molecule has 0 aromatic heterocycles. The number of carbonyl (C=O) groups is 2.